The van der Waals surface area contributed by atoms with Crippen molar-refractivity contribution in [1.82, 2.24) is 30.9 Å². The number of aromatic nitrogens is 3. The molecular weight excluding hydrogens is 598 g/mol. The molecule has 3 amide bonds. The summed E-state index contributed by atoms with van der Waals surface area (Å²) in [6.07, 6.45) is 5.15. The standard InChI is InChI=1S/C35H37N7O5/c36-27(15-22-9-3-1-4-10-22)32(43)40-30(18-25-20-37-21-39-25)34(45)41-29(17-24-19-38-28-14-8-7-13-26(24)28)33(44)42-31(35(46)47)16-23-11-5-2-6-12-23/h1-14,19-21,27,29-31,38H,15-18,36H2,(H,37,39)(H,40,43)(H,41,45)(H,42,44)(H,46,47). The van der Waals surface area contributed by atoms with E-state index in [1.54, 1.807) is 30.5 Å². The Hall–Kier alpha value is -5.75. The highest BCUT2D eigenvalue weighted by atomic mass is 16.4. The van der Waals surface area contributed by atoms with E-state index in [-0.39, 0.29) is 25.7 Å². The van der Waals surface area contributed by atoms with Gasteiger partial charge in [-0.1, -0.05) is 78.9 Å². The van der Waals surface area contributed by atoms with E-state index in [4.69, 9.17) is 5.73 Å². The number of carbonyl (C=O) groups is 4. The molecule has 0 saturated carbocycles. The highest BCUT2D eigenvalue weighted by molar-refractivity contribution is 5.95. The average Bonchev–Trinajstić information content (AvgIpc) is 3.74. The monoisotopic (exact) mass is 635 g/mol. The van der Waals surface area contributed by atoms with Crippen molar-refractivity contribution in [2.45, 2.75) is 49.9 Å². The summed E-state index contributed by atoms with van der Waals surface area (Å²) in [6, 6.07) is 21.3. The molecular formula is C35H37N7O5. The molecule has 2 heterocycles. The Bertz CT molecular complexity index is 1790. The van der Waals surface area contributed by atoms with Gasteiger partial charge in [0, 0.05) is 48.3 Å². The zero-order valence-electron chi connectivity index (χ0n) is 25.6. The topological polar surface area (TPSA) is 195 Å². The first-order valence-electron chi connectivity index (χ1n) is 15.3. The summed E-state index contributed by atoms with van der Waals surface area (Å²) in [7, 11) is 0. The molecule has 12 heteroatoms. The van der Waals surface area contributed by atoms with Crippen molar-refractivity contribution in [2.75, 3.05) is 0 Å². The van der Waals surface area contributed by atoms with Gasteiger partial charge in [0.15, 0.2) is 0 Å². The van der Waals surface area contributed by atoms with Crippen LogP contribution in [0, 0.1) is 0 Å². The summed E-state index contributed by atoms with van der Waals surface area (Å²) in [6.45, 7) is 0. The fraction of sp³-hybridized carbons (Fsp3) is 0.229. The van der Waals surface area contributed by atoms with E-state index < -0.39 is 47.9 Å². The van der Waals surface area contributed by atoms with Crippen LogP contribution in [0.15, 0.2) is 104 Å². The van der Waals surface area contributed by atoms with Crippen molar-refractivity contribution in [3.8, 4) is 0 Å². The lowest BCUT2D eigenvalue weighted by Crippen LogP contribution is -2.58. The molecule has 242 valence electrons. The molecule has 2 aromatic heterocycles. The molecule has 5 aromatic rings. The van der Waals surface area contributed by atoms with E-state index in [0.717, 1.165) is 27.6 Å². The largest absolute Gasteiger partial charge is 0.480 e. The number of rotatable bonds is 15. The van der Waals surface area contributed by atoms with Crippen molar-refractivity contribution in [1.29, 1.82) is 0 Å². The predicted molar refractivity (Wildman–Crippen MR) is 176 cm³/mol. The van der Waals surface area contributed by atoms with E-state index in [1.807, 2.05) is 60.7 Å². The highest BCUT2D eigenvalue weighted by Gasteiger charge is 2.31. The minimum atomic E-state index is -1.25. The number of amides is 3. The van der Waals surface area contributed by atoms with Gasteiger partial charge in [-0.2, -0.15) is 0 Å². The summed E-state index contributed by atoms with van der Waals surface area (Å²) in [5.74, 6) is -3.08. The maximum Gasteiger partial charge on any atom is 0.326 e. The molecule has 8 N–H and O–H groups in total. The first-order chi connectivity index (χ1) is 22.8. The fourth-order valence-electron chi connectivity index (χ4n) is 5.39. The van der Waals surface area contributed by atoms with Gasteiger partial charge in [0.2, 0.25) is 17.7 Å². The lowest BCUT2D eigenvalue weighted by Gasteiger charge is -2.25. The Morgan fingerprint density at radius 3 is 1.89 bits per heavy atom. The number of nitrogens with zero attached hydrogens (tertiary/aromatic N) is 1. The molecule has 0 saturated heterocycles. The number of nitrogens with one attached hydrogen (secondary N) is 5. The maximum absolute atomic E-state index is 13.9. The van der Waals surface area contributed by atoms with Crippen molar-refractivity contribution >= 4 is 34.6 Å². The van der Waals surface area contributed by atoms with Crippen LogP contribution in [0.3, 0.4) is 0 Å². The van der Waals surface area contributed by atoms with Crippen LogP contribution in [0.4, 0.5) is 0 Å². The maximum atomic E-state index is 13.9. The number of carbonyl (C=O) groups excluding carboxylic acids is 3. The van der Waals surface area contributed by atoms with Gasteiger partial charge in [-0.3, -0.25) is 14.4 Å². The number of para-hydroxylation sites is 1. The van der Waals surface area contributed by atoms with Crippen LogP contribution in [0.1, 0.15) is 22.4 Å². The van der Waals surface area contributed by atoms with Crippen LogP contribution in [0.2, 0.25) is 0 Å². The molecule has 0 spiro atoms. The summed E-state index contributed by atoms with van der Waals surface area (Å²) in [4.78, 5) is 63.2. The SMILES string of the molecule is NC(Cc1ccccc1)C(=O)NC(Cc1cnc[nH]1)C(=O)NC(Cc1c[nH]c2ccccc12)C(=O)NC(Cc1ccccc1)C(=O)O. The number of fused-ring (bicyclic) bond motifs is 1. The van der Waals surface area contributed by atoms with Gasteiger partial charge in [-0.05, 0) is 29.2 Å². The van der Waals surface area contributed by atoms with Crippen molar-refractivity contribution in [3.05, 3.63) is 126 Å². The van der Waals surface area contributed by atoms with Gasteiger partial charge in [0.05, 0.1) is 12.4 Å². The second-order valence-electron chi connectivity index (χ2n) is 11.4. The summed E-state index contributed by atoms with van der Waals surface area (Å²) < 4.78 is 0. The normalized spacial score (nSPS) is 13.6. The molecule has 0 bridgehead atoms. The first-order valence-corrected chi connectivity index (χ1v) is 15.3. The zero-order valence-corrected chi connectivity index (χ0v) is 25.6. The molecule has 0 aliphatic carbocycles. The number of H-pyrrole nitrogens is 2. The average molecular weight is 636 g/mol. The van der Waals surface area contributed by atoms with Gasteiger partial charge < -0.3 is 36.8 Å². The first kappa shape index (κ1) is 32.6. The second kappa shape index (κ2) is 15.5. The Kier molecular flexibility index (Phi) is 10.8. The van der Waals surface area contributed by atoms with E-state index in [2.05, 4.69) is 30.9 Å². The number of benzene rings is 3. The lowest BCUT2D eigenvalue weighted by atomic mass is 10.0. The van der Waals surface area contributed by atoms with E-state index in [1.165, 1.54) is 12.5 Å². The number of carboxylic acids is 1. The Morgan fingerprint density at radius 1 is 0.681 bits per heavy atom. The van der Waals surface area contributed by atoms with Crippen LogP contribution in [-0.4, -0.2) is 67.9 Å². The highest BCUT2D eigenvalue weighted by Crippen LogP contribution is 2.19. The van der Waals surface area contributed by atoms with E-state index in [0.29, 0.717) is 5.69 Å². The number of imidazole rings is 1. The van der Waals surface area contributed by atoms with Gasteiger partial charge in [0.25, 0.3) is 0 Å². The van der Waals surface area contributed by atoms with Gasteiger partial charge >= 0.3 is 5.97 Å². The summed E-state index contributed by atoms with van der Waals surface area (Å²) in [5, 5.41) is 19.0. The number of aliphatic carboxylic acids is 1. The van der Waals surface area contributed by atoms with Gasteiger partial charge in [-0.25, -0.2) is 9.78 Å². The summed E-state index contributed by atoms with van der Waals surface area (Å²) >= 11 is 0. The van der Waals surface area contributed by atoms with E-state index in [9.17, 15) is 24.3 Å². The molecule has 0 radical (unpaired) electrons. The van der Waals surface area contributed by atoms with Crippen LogP contribution >= 0.6 is 0 Å². The number of carboxylic acid groups (broad SMARTS) is 1. The Morgan fingerprint density at radius 2 is 1.26 bits per heavy atom. The number of nitrogens with two attached hydrogens (primary N) is 1. The predicted octanol–water partition coefficient (Wildman–Crippen LogP) is 2.03. The molecule has 0 aliphatic heterocycles. The number of hydrogen-bond donors (Lipinski definition) is 7. The van der Waals surface area contributed by atoms with Crippen LogP contribution in [-0.2, 0) is 44.9 Å². The minimum absolute atomic E-state index is 0.0445. The number of hydrogen-bond acceptors (Lipinski definition) is 6. The lowest BCUT2D eigenvalue weighted by molar-refractivity contribution is -0.142. The molecule has 0 aliphatic rings. The van der Waals surface area contributed by atoms with Crippen molar-refractivity contribution in [3.63, 3.8) is 0 Å². The molecule has 12 nitrogen and oxygen atoms in total. The Labute approximate surface area is 271 Å². The van der Waals surface area contributed by atoms with Gasteiger partial charge in [0.1, 0.15) is 18.1 Å². The van der Waals surface area contributed by atoms with Gasteiger partial charge in [-0.15, -0.1) is 0 Å². The van der Waals surface area contributed by atoms with E-state index >= 15 is 0 Å². The fourth-order valence-corrected chi connectivity index (χ4v) is 5.39. The molecule has 0 fully saturated rings. The van der Waals surface area contributed by atoms with Crippen LogP contribution < -0.4 is 21.7 Å². The van der Waals surface area contributed by atoms with Crippen LogP contribution in [0.5, 0.6) is 0 Å². The third-order valence-corrected chi connectivity index (χ3v) is 7.88. The molecule has 4 unspecified atom stereocenters. The van der Waals surface area contributed by atoms with Crippen LogP contribution in [0.25, 0.3) is 10.9 Å². The zero-order chi connectivity index (χ0) is 33.2. The molecule has 47 heavy (non-hydrogen) atoms. The second-order valence-corrected chi connectivity index (χ2v) is 11.4. The smallest absolute Gasteiger partial charge is 0.326 e. The van der Waals surface area contributed by atoms with Crippen molar-refractivity contribution < 1.29 is 24.3 Å². The Balaban J connectivity index is 1.37. The summed E-state index contributed by atoms with van der Waals surface area (Å²) in [5.41, 5.74) is 9.98. The third-order valence-electron chi connectivity index (χ3n) is 7.88. The molecule has 5 rings (SSSR count). The minimum Gasteiger partial charge on any atom is -0.480 e. The molecule has 3 aromatic carbocycles. The molecule has 4 atom stereocenters. The van der Waals surface area contributed by atoms with Crippen molar-refractivity contribution in [2.24, 2.45) is 5.73 Å². The quantitative estimate of drug-likeness (QED) is 0.0914. The number of aromatic amines is 2. The third kappa shape index (κ3) is 8.92.